The Balaban J connectivity index is 1.48. The van der Waals surface area contributed by atoms with E-state index in [0.717, 1.165) is 23.2 Å². The van der Waals surface area contributed by atoms with Gasteiger partial charge in [0.1, 0.15) is 5.82 Å². The lowest BCUT2D eigenvalue weighted by molar-refractivity contribution is 0.0781. The van der Waals surface area contributed by atoms with E-state index in [-0.39, 0.29) is 12.5 Å². The van der Waals surface area contributed by atoms with Crippen molar-refractivity contribution in [3.05, 3.63) is 71.4 Å². The van der Waals surface area contributed by atoms with Crippen molar-refractivity contribution in [1.82, 2.24) is 35.1 Å². The average Bonchev–Trinajstić information content (AvgIpc) is 3.31. The molecule has 3 N–H and O–H groups in total. The first kappa shape index (κ1) is 22.4. The number of likely N-dealkylation sites (N-methyl/N-ethyl adjacent to an activating group) is 1. The van der Waals surface area contributed by atoms with Gasteiger partial charge in [0.05, 0.1) is 18.2 Å². The number of aliphatic hydroxyl groups excluding tert-OH is 1. The van der Waals surface area contributed by atoms with Gasteiger partial charge in [-0.15, -0.1) is 5.10 Å². The van der Waals surface area contributed by atoms with E-state index in [4.69, 9.17) is 0 Å². The predicted molar refractivity (Wildman–Crippen MR) is 130 cm³/mol. The van der Waals surface area contributed by atoms with E-state index in [2.05, 4.69) is 36.1 Å². The zero-order chi connectivity index (χ0) is 24.4. The summed E-state index contributed by atoms with van der Waals surface area (Å²) in [5.41, 5.74) is 3.99. The van der Waals surface area contributed by atoms with Crippen LogP contribution in [0, 0.1) is 0 Å². The number of aliphatic hydroxyl groups is 1. The lowest BCUT2D eigenvalue weighted by atomic mass is 9.99. The maximum Gasteiger partial charge on any atom is 0.253 e. The molecule has 1 aliphatic rings. The number of tetrazole rings is 1. The van der Waals surface area contributed by atoms with Crippen LogP contribution in [0.1, 0.15) is 27.5 Å². The van der Waals surface area contributed by atoms with Crippen LogP contribution in [0.15, 0.2) is 54.7 Å². The fraction of sp³-hybridized carbons (Fsp3) is 0.250. The molecule has 3 heterocycles. The van der Waals surface area contributed by atoms with Gasteiger partial charge in [0, 0.05) is 38.1 Å². The molecule has 35 heavy (non-hydrogen) atoms. The molecule has 0 saturated carbocycles. The van der Waals surface area contributed by atoms with E-state index in [9.17, 15) is 9.90 Å². The standard InChI is InChI=1S/C24H25N9O2/c1-32-11-10-16-12-17(8-9-18(16)23(32)35)26-24-25-13-19(22-29-30-31-33(22)2)21(28-24)27-20(14-34)15-6-4-3-5-7-15/h3-9,12-13,20,34H,10-11,14H2,1-2H3,(H2,25,26,27,28)/t20-/m1/s1. The third-order valence-electron chi connectivity index (χ3n) is 6.00. The number of hydrogen-bond donors (Lipinski definition) is 3. The quantitative estimate of drug-likeness (QED) is 0.371. The summed E-state index contributed by atoms with van der Waals surface area (Å²) in [6, 6.07) is 14.8. The zero-order valence-corrected chi connectivity index (χ0v) is 19.4. The Kier molecular flexibility index (Phi) is 6.06. The number of benzene rings is 2. The van der Waals surface area contributed by atoms with Gasteiger partial charge in [-0.2, -0.15) is 4.98 Å². The highest BCUT2D eigenvalue weighted by Gasteiger charge is 2.22. The maximum atomic E-state index is 12.4. The van der Waals surface area contributed by atoms with Crippen molar-refractivity contribution in [3.8, 4) is 11.4 Å². The van der Waals surface area contributed by atoms with Gasteiger partial charge in [0.15, 0.2) is 5.82 Å². The first-order valence-electron chi connectivity index (χ1n) is 11.2. The van der Waals surface area contributed by atoms with Crippen molar-refractivity contribution in [3.63, 3.8) is 0 Å². The zero-order valence-electron chi connectivity index (χ0n) is 19.4. The first-order chi connectivity index (χ1) is 17.0. The smallest absolute Gasteiger partial charge is 0.253 e. The van der Waals surface area contributed by atoms with Crippen LogP contribution >= 0.6 is 0 Å². The Morgan fingerprint density at radius 3 is 2.69 bits per heavy atom. The Labute approximate surface area is 201 Å². The second kappa shape index (κ2) is 9.47. The summed E-state index contributed by atoms with van der Waals surface area (Å²) in [5.74, 6) is 1.34. The van der Waals surface area contributed by atoms with Crippen molar-refractivity contribution in [2.24, 2.45) is 7.05 Å². The van der Waals surface area contributed by atoms with Crippen LogP contribution in [0.2, 0.25) is 0 Å². The molecule has 1 amide bonds. The average molecular weight is 472 g/mol. The number of nitrogens with one attached hydrogen (secondary N) is 2. The van der Waals surface area contributed by atoms with E-state index >= 15 is 0 Å². The Bertz CT molecular complexity index is 1360. The summed E-state index contributed by atoms with van der Waals surface area (Å²) in [6.45, 7) is 0.545. The molecule has 0 radical (unpaired) electrons. The highest BCUT2D eigenvalue weighted by atomic mass is 16.3. The minimum absolute atomic E-state index is 0.0260. The van der Waals surface area contributed by atoms with Gasteiger partial charge in [-0.25, -0.2) is 9.67 Å². The van der Waals surface area contributed by atoms with Gasteiger partial charge in [0.25, 0.3) is 5.91 Å². The molecule has 1 aliphatic heterocycles. The number of carbonyl (C=O) groups is 1. The normalized spacial score (nSPS) is 13.9. The molecule has 0 fully saturated rings. The highest BCUT2D eigenvalue weighted by Crippen LogP contribution is 2.29. The second-order valence-electron chi connectivity index (χ2n) is 8.35. The minimum Gasteiger partial charge on any atom is -0.394 e. The number of rotatable bonds is 7. The van der Waals surface area contributed by atoms with Gasteiger partial charge >= 0.3 is 0 Å². The molecule has 11 heteroatoms. The van der Waals surface area contributed by atoms with E-state index < -0.39 is 6.04 Å². The van der Waals surface area contributed by atoms with Gasteiger partial charge < -0.3 is 20.6 Å². The van der Waals surface area contributed by atoms with Crippen LogP contribution in [0.5, 0.6) is 0 Å². The summed E-state index contributed by atoms with van der Waals surface area (Å²) in [7, 11) is 3.54. The lowest BCUT2D eigenvalue weighted by Gasteiger charge is -2.25. The monoisotopic (exact) mass is 471 g/mol. The largest absolute Gasteiger partial charge is 0.394 e. The molecule has 178 valence electrons. The van der Waals surface area contributed by atoms with Gasteiger partial charge in [-0.05, 0) is 46.2 Å². The number of fused-ring (bicyclic) bond motifs is 1. The molecule has 0 aliphatic carbocycles. The van der Waals surface area contributed by atoms with Gasteiger partial charge in [0.2, 0.25) is 5.95 Å². The number of carbonyl (C=O) groups excluding carboxylic acids is 1. The van der Waals surface area contributed by atoms with Crippen LogP contribution in [-0.4, -0.2) is 66.3 Å². The number of amides is 1. The number of nitrogens with zero attached hydrogens (tertiary/aromatic N) is 7. The molecule has 0 spiro atoms. The van der Waals surface area contributed by atoms with Gasteiger partial charge in [-0.1, -0.05) is 30.3 Å². The van der Waals surface area contributed by atoms with Crippen molar-refractivity contribution in [1.29, 1.82) is 0 Å². The fourth-order valence-electron chi connectivity index (χ4n) is 4.07. The molecule has 0 bridgehead atoms. The van der Waals surface area contributed by atoms with E-state index in [0.29, 0.717) is 35.3 Å². The Hall–Kier alpha value is -4.38. The third-order valence-corrected chi connectivity index (χ3v) is 6.00. The van der Waals surface area contributed by atoms with Crippen LogP contribution in [0.3, 0.4) is 0 Å². The molecule has 2 aromatic heterocycles. The minimum atomic E-state index is -0.398. The van der Waals surface area contributed by atoms with E-state index in [1.165, 1.54) is 4.68 Å². The first-order valence-corrected chi connectivity index (χ1v) is 11.2. The summed E-state index contributed by atoms with van der Waals surface area (Å²) >= 11 is 0. The highest BCUT2D eigenvalue weighted by molar-refractivity contribution is 5.97. The molecular weight excluding hydrogens is 446 g/mol. The number of anilines is 3. The van der Waals surface area contributed by atoms with E-state index in [1.54, 1.807) is 18.1 Å². The molecule has 1 atom stereocenters. The molecule has 0 unspecified atom stereocenters. The van der Waals surface area contributed by atoms with Crippen LogP contribution < -0.4 is 10.6 Å². The van der Waals surface area contributed by atoms with Crippen molar-refractivity contribution < 1.29 is 9.90 Å². The predicted octanol–water partition coefficient (Wildman–Crippen LogP) is 2.18. The van der Waals surface area contributed by atoms with Crippen molar-refractivity contribution in [2.45, 2.75) is 12.5 Å². The molecular formula is C24H25N9O2. The fourth-order valence-corrected chi connectivity index (χ4v) is 4.07. The molecule has 11 nitrogen and oxygen atoms in total. The lowest BCUT2D eigenvalue weighted by Crippen LogP contribution is -2.34. The SMILES string of the molecule is CN1CCc2cc(Nc3ncc(-c4nnnn4C)c(N[C@H](CO)c4ccccc4)n3)ccc2C1=O. The third kappa shape index (κ3) is 4.53. The van der Waals surface area contributed by atoms with Crippen LogP contribution in [-0.2, 0) is 13.5 Å². The summed E-state index contributed by atoms with van der Waals surface area (Å²) in [6.07, 6.45) is 2.42. The number of hydrogen-bond acceptors (Lipinski definition) is 9. The maximum absolute atomic E-state index is 12.4. The summed E-state index contributed by atoms with van der Waals surface area (Å²) in [5, 5.41) is 28.3. The number of aryl methyl sites for hydroxylation is 1. The molecule has 5 rings (SSSR count). The molecule has 4 aromatic rings. The summed E-state index contributed by atoms with van der Waals surface area (Å²) in [4.78, 5) is 23.3. The van der Waals surface area contributed by atoms with Crippen LogP contribution in [0.4, 0.5) is 17.5 Å². The van der Waals surface area contributed by atoms with Crippen LogP contribution in [0.25, 0.3) is 11.4 Å². The molecule has 0 saturated heterocycles. The van der Waals surface area contributed by atoms with Crippen molar-refractivity contribution >= 4 is 23.4 Å². The Morgan fingerprint density at radius 2 is 1.94 bits per heavy atom. The van der Waals surface area contributed by atoms with Crippen molar-refractivity contribution in [2.75, 3.05) is 30.8 Å². The second-order valence-corrected chi connectivity index (χ2v) is 8.35. The number of aromatic nitrogens is 6. The molecule has 2 aromatic carbocycles. The topological polar surface area (TPSA) is 134 Å². The summed E-state index contributed by atoms with van der Waals surface area (Å²) < 4.78 is 1.53. The van der Waals surface area contributed by atoms with Gasteiger partial charge in [-0.3, -0.25) is 4.79 Å². The Morgan fingerprint density at radius 1 is 1.11 bits per heavy atom. The van der Waals surface area contributed by atoms with E-state index in [1.807, 2.05) is 55.6 Å².